The van der Waals surface area contributed by atoms with Crippen LogP contribution in [0.4, 0.5) is 0 Å². The molecule has 0 aromatic rings. The van der Waals surface area contributed by atoms with Crippen molar-refractivity contribution in [1.82, 2.24) is 4.90 Å². The van der Waals surface area contributed by atoms with Crippen LogP contribution in [0.3, 0.4) is 0 Å². The Bertz CT molecular complexity index is 559. The van der Waals surface area contributed by atoms with Crippen LogP contribution in [0.2, 0.25) is 0 Å². The minimum Gasteiger partial charge on any atom is -0.480 e. The van der Waals surface area contributed by atoms with Crippen molar-refractivity contribution < 1.29 is 19.5 Å². The largest absolute Gasteiger partial charge is 0.480 e. The summed E-state index contributed by atoms with van der Waals surface area (Å²) in [7, 11) is 0. The molecule has 0 aromatic carbocycles. The average molecular weight is 303 g/mol. The minimum atomic E-state index is -1.07. The number of allylic oxidation sites excluding steroid dienone is 2. The summed E-state index contributed by atoms with van der Waals surface area (Å²) in [4.78, 5) is 38.4. The van der Waals surface area contributed by atoms with Crippen molar-refractivity contribution in [2.24, 2.45) is 41.4 Å². The molecule has 2 amide bonds. The summed E-state index contributed by atoms with van der Waals surface area (Å²) in [6.45, 7) is 3.82. The molecule has 1 heterocycles. The smallest absolute Gasteiger partial charge is 0.326 e. The maximum Gasteiger partial charge on any atom is 0.326 e. The lowest BCUT2D eigenvalue weighted by Crippen LogP contribution is -2.46. The zero-order chi connectivity index (χ0) is 15.8. The Labute approximate surface area is 129 Å². The number of carboxylic acids is 1. The number of imide groups is 1. The van der Waals surface area contributed by atoms with Crippen molar-refractivity contribution in [3.05, 3.63) is 12.2 Å². The molecule has 1 saturated heterocycles. The Hall–Kier alpha value is -1.65. The molecular formula is C17H21NO4. The van der Waals surface area contributed by atoms with Gasteiger partial charge < -0.3 is 5.11 Å². The third kappa shape index (κ3) is 1.68. The first kappa shape index (κ1) is 14.0. The Kier molecular flexibility index (Phi) is 2.81. The van der Waals surface area contributed by atoms with Crippen LogP contribution in [0, 0.1) is 41.4 Å². The molecular weight excluding hydrogens is 282 g/mol. The van der Waals surface area contributed by atoms with E-state index in [0.29, 0.717) is 18.3 Å². The number of carboxylic acid groups (broad SMARTS) is 1. The number of carbonyl (C=O) groups is 3. The van der Waals surface area contributed by atoms with Crippen LogP contribution in [0.5, 0.6) is 0 Å². The normalized spacial score (nSPS) is 42.6. The summed E-state index contributed by atoms with van der Waals surface area (Å²) in [5.74, 6) is -0.666. The van der Waals surface area contributed by atoms with Crippen molar-refractivity contribution in [3.63, 3.8) is 0 Å². The van der Waals surface area contributed by atoms with Crippen LogP contribution in [0.15, 0.2) is 12.2 Å². The highest BCUT2D eigenvalue weighted by Gasteiger charge is 2.67. The number of carbonyl (C=O) groups excluding carboxylic acids is 2. The number of likely N-dealkylation sites (tertiary alicyclic amines) is 1. The van der Waals surface area contributed by atoms with Gasteiger partial charge in [-0.1, -0.05) is 26.0 Å². The van der Waals surface area contributed by atoms with E-state index >= 15 is 0 Å². The van der Waals surface area contributed by atoms with Gasteiger partial charge in [0.25, 0.3) is 0 Å². The number of rotatable bonds is 4. The summed E-state index contributed by atoms with van der Waals surface area (Å²) in [6, 6.07) is -1.01. The van der Waals surface area contributed by atoms with Crippen molar-refractivity contribution in [2.45, 2.75) is 32.7 Å². The topological polar surface area (TPSA) is 74.7 Å². The van der Waals surface area contributed by atoms with Gasteiger partial charge in [-0.25, -0.2) is 4.79 Å². The zero-order valence-electron chi connectivity index (χ0n) is 12.8. The van der Waals surface area contributed by atoms with E-state index in [1.807, 2.05) is 13.8 Å². The minimum absolute atomic E-state index is 0.118. The van der Waals surface area contributed by atoms with Gasteiger partial charge in [0.15, 0.2) is 0 Å². The van der Waals surface area contributed by atoms with Gasteiger partial charge in [0, 0.05) is 0 Å². The van der Waals surface area contributed by atoms with E-state index in [9.17, 15) is 19.5 Å². The van der Waals surface area contributed by atoms with Crippen LogP contribution >= 0.6 is 0 Å². The molecule has 5 nitrogen and oxygen atoms in total. The van der Waals surface area contributed by atoms with Crippen LogP contribution < -0.4 is 0 Å². The molecule has 5 heteroatoms. The molecule has 0 unspecified atom stereocenters. The molecule has 2 saturated carbocycles. The van der Waals surface area contributed by atoms with Gasteiger partial charge in [-0.15, -0.1) is 0 Å². The van der Waals surface area contributed by atoms with E-state index < -0.39 is 12.0 Å². The van der Waals surface area contributed by atoms with Gasteiger partial charge in [-0.2, -0.15) is 0 Å². The van der Waals surface area contributed by atoms with Crippen molar-refractivity contribution in [1.29, 1.82) is 0 Å². The molecule has 2 bridgehead atoms. The highest BCUT2D eigenvalue weighted by molar-refractivity contribution is 6.08. The predicted molar refractivity (Wildman–Crippen MR) is 77.4 cm³/mol. The van der Waals surface area contributed by atoms with Gasteiger partial charge in [-0.05, 0) is 42.4 Å². The summed E-state index contributed by atoms with van der Waals surface area (Å²) < 4.78 is 0. The first-order chi connectivity index (χ1) is 10.4. The molecule has 0 radical (unpaired) electrons. The summed E-state index contributed by atoms with van der Waals surface area (Å²) in [5, 5.41) is 9.50. The molecule has 5 aliphatic rings. The molecule has 3 fully saturated rings. The molecule has 4 aliphatic carbocycles. The highest BCUT2D eigenvalue weighted by Crippen LogP contribution is 2.65. The number of aliphatic carboxylic acids is 1. The quantitative estimate of drug-likeness (QED) is 0.631. The molecule has 0 spiro atoms. The second-order valence-corrected chi connectivity index (χ2v) is 7.68. The fourth-order valence-electron chi connectivity index (χ4n) is 5.05. The van der Waals surface area contributed by atoms with Crippen molar-refractivity contribution >= 4 is 17.8 Å². The molecule has 1 aliphatic heterocycles. The van der Waals surface area contributed by atoms with E-state index in [4.69, 9.17) is 0 Å². The van der Waals surface area contributed by atoms with Crippen LogP contribution in [0.1, 0.15) is 26.7 Å². The van der Waals surface area contributed by atoms with E-state index in [1.54, 1.807) is 0 Å². The fourth-order valence-corrected chi connectivity index (χ4v) is 5.05. The van der Waals surface area contributed by atoms with Crippen LogP contribution in [0.25, 0.3) is 0 Å². The third-order valence-corrected chi connectivity index (χ3v) is 5.99. The second kappa shape index (κ2) is 4.43. The van der Waals surface area contributed by atoms with Gasteiger partial charge in [0.1, 0.15) is 6.04 Å². The lowest BCUT2D eigenvalue weighted by atomic mass is 9.63. The molecule has 0 aromatic heterocycles. The van der Waals surface area contributed by atoms with Gasteiger partial charge in [0.2, 0.25) is 11.8 Å². The van der Waals surface area contributed by atoms with Crippen molar-refractivity contribution in [2.75, 3.05) is 0 Å². The molecule has 1 N–H and O–H groups in total. The number of nitrogens with zero attached hydrogens (tertiary/aromatic N) is 1. The Morgan fingerprint density at radius 1 is 1.18 bits per heavy atom. The molecule has 22 heavy (non-hydrogen) atoms. The van der Waals surface area contributed by atoms with Crippen LogP contribution in [-0.4, -0.2) is 33.8 Å². The van der Waals surface area contributed by atoms with E-state index in [0.717, 1.165) is 11.3 Å². The van der Waals surface area contributed by atoms with Gasteiger partial charge in [0.05, 0.1) is 11.8 Å². The second-order valence-electron chi connectivity index (χ2n) is 7.68. The maximum absolute atomic E-state index is 12.8. The van der Waals surface area contributed by atoms with Crippen LogP contribution in [-0.2, 0) is 14.4 Å². The number of hydrogen-bond acceptors (Lipinski definition) is 3. The van der Waals surface area contributed by atoms with E-state index in [1.165, 1.54) is 0 Å². The van der Waals surface area contributed by atoms with Crippen molar-refractivity contribution in [3.8, 4) is 0 Å². The lowest BCUT2D eigenvalue weighted by Gasteiger charge is -2.37. The fraction of sp³-hybridized carbons (Fsp3) is 0.706. The lowest BCUT2D eigenvalue weighted by molar-refractivity contribution is -0.155. The Balaban J connectivity index is 1.68. The summed E-state index contributed by atoms with van der Waals surface area (Å²) >= 11 is 0. The number of amides is 2. The highest BCUT2D eigenvalue weighted by atomic mass is 16.4. The van der Waals surface area contributed by atoms with E-state index in [2.05, 4.69) is 12.2 Å². The SMILES string of the molecule is CC(C)C[C@H](C(=O)O)N1C(=O)[C@@H]2[C@H]3C=C[C@@H]([C@@H]4C[C@H]34)[C@@H]2C1=O. The monoisotopic (exact) mass is 303 g/mol. The standard InChI is InChI=1S/C17H21NO4/c1-7(2)5-12(17(21)22)18-15(19)13-8-3-4-9(11-6-10(8)11)14(13)16(18)20/h3-4,7-14H,5-6H2,1-2H3,(H,21,22)/t8-,9-,10-,11+,12+,13-,14+/m0/s1. The Morgan fingerprint density at radius 3 is 2.09 bits per heavy atom. The summed E-state index contributed by atoms with van der Waals surface area (Å²) in [6.07, 6.45) is 5.64. The molecule has 5 rings (SSSR count). The molecule has 7 atom stereocenters. The molecule has 118 valence electrons. The maximum atomic E-state index is 12.8. The zero-order valence-corrected chi connectivity index (χ0v) is 12.8. The average Bonchev–Trinajstić information content (AvgIpc) is 3.22. The van der Waals surface area contributed by atoms with E-state index in [-0.39, 0.29) is 41.4 Å². The van der Waals surface area contributed by atoms with Gasteiger partial charge >= 0.3 is 5.97 Å². The third-order valence-electron chi connectivity index (χ3n) is 5.99. The predicted octanol–water partition coefficient (Wildman–Crippen LogP) is 1.54. The summed E-state index contributed by atoms with van der Waals surface area (Å²) in [5.41, 5.74) is 0. The first-order valence-corrected chi connectivity index (χ1v) is 8.20. The van der Waals surface area contributed by atoms with Gasteiger partial charge in [-0.3, -0.25) is 14.5 Å². The Morgan fingerprint density at radius 2 is 1.68 bits per heavy atom. The first-order valence-electron chi connectivity index (χ1n) is 8.20. The number of hydrogen-bond donors (Lipinski definition) is 1.